The number of fused-ring (bicyclic) bond motifs is 1. The summed E-state index contributed by atoms with van der Waals surface area (Å²) in [7, 11) is 0. The summed E-state index contributed by atoms with van der Waals surface area (Å²) in [4.78, 5) is 14.0. The van der Waals surface area contributed by atoms with E-state index in [0.29, 0.717) is 0 Å². The first-order valence-electron chi connectivity index (χ1n) is 7.85. The highest BCUT2D eigenvalue weighted by atomic mass is 16.4. The molecule has 1 aromatic rings. The molecule has 3 rings (SSSR count). The van der Waals surface area contributed by atoms with Crippen molar-refractivity contribution >= 4 is 11.7 Å². The van der Waals surface area contributed by atoms with E-state index in [1.54, 1.807) is 0 Å². The van der Waals surface area contributed by atoms with E-state index in [2.05, 4.69) is 29.2 Å². The molecule has 1 fully saturated rings. The molecule has 0 bridgehead atoms. The quantitative estimate of drug-likeness (QED) is 0.897. The molecule has 1 aromatic carbocycles. The van der Waals surface area contributed by atoms with Crippen LogP contribution in [-0.4, -0.2) is 23.7 Å². The van der Waals surface area contributed by atoms with E-state index >= 15 is 0 Å². The topological polar surface area (TPSA) is 40.5 Å². The summed E-state index contributed by atoms with van der Waals surface area (Å²) in [6.45, 7) is 1.01. The molecule has 0 spiro atoms. The van der Waals surface area contributed by atoms with Crippen LogP contribution >= 0.6 is 0 Å². The third-order valence-corrected chi connectivity index (χ3v) is 4.84. The Morgan fingerprint density at radius 1 is 1.10 bits per heavy atom. The van der Waals surface area contributed by atoms with Gasteiger partial charge in [-0.15, -0.1) is 0 Å². The first-order valence-corrected chi connectivity index (χ1v) is 7.85. The number of carboxylic acids is 1. The minimum Gasteiger partial charge on any atom is -0.481 e. The van der Waals surface area contributed by atoms with E-state index in [0.717, 1.165) is 45.1 Å². The molecule has 2 atom stereocenters. The summed E-state index contributed by atoms with van der Waals surface area (Å²) in [5.41, 5.74) is 2.67. The monoisotopic (exact) mass is 273 g/mol. The van der Waals surface area contributed by atoms with Crippen molar-refractivity contribution < 1.29 is 9.90 Å². The average molecular weight is 273 g/mol. The molecule has 2 aliphatic rings. The molecule has 3 heteroatoms. The van der Waals surface area contributed by atoms with Gasteiger partial charge in [-0.25, -0.2) is 0 Å². The van der Waals surface area contributed by atoms with Crippen LogP contribution in [0.15, 0.2) is 24.3 Å². The molecule has 1 saturated carbocycles. The van der Waals surface area contributed by atoms with Crippen molar-refractivity contribution in [1.82, 2.24) is 0 Å². The maximum Gasteiger partial charge on any atom is 0.308 e. The number of aliphatic carboxylic acids is 1. The van der Waals surface area contributed by atoms with E-state index in [9.17, 15) is 9.90 Å². The SMILES string of the molecule is O=C(O)C1CCCCC1N1CCCCc2ccccc21. The average Bonchev–Trinajstić information content (AvgIpc) is 2.69. The zero-order valence-electron chi connectivity index (χ0n) is 11.9. The van der Waals surface area contributed by atoms with Crippen LogP contribution in [0.3, 0.4) is 0 Å². The maximum absolute atomic E-state index is 11.6. The molecule has 1 heterocycles. The number of nitrogens with zero attached hydrogens (tertiary/aromatic N) is 1. The first-order chi connectivity index (χ1) is 9.77. The highest BCUT2D eigenvalue weighted by molar-refractivity contribution is 5.72. The van der Waals surface area contributed by atoms with Gasteiger partial charge < -0.3 is 10.0 Å². The number of carboxylic acid groups (broad SMARTS) is 1. The number of hydrogen-bond acceptors (Lipinski definition) is 2. The lowest BCUT2D eigenvalue weighted by atomic mass is 9.83. The summed E-state index contributed by atoms with van der Waals surface area (Å²) in [6, 6.07) is 8.73. The Morgan fingerprint density at radius 2 is 1.90 bits per heavy atom. The fourth-order valence-corrected chi connectivity index (χ4v) is 3.84. The van der Waals surface area contributed by atoms with Gasteiger partial charge in [-0.2, -0.15) is 0 Å². The zero-order chi connectivity index (χ0) is 13.9. The fourth-order valence-electron chi connectivity index (χ4n) is 3.84. The summed E-state index contributed by atoms with van der Waals surface area (Å²) in [5, 5.41) is 9.53. The van der Waals surface area contributed by atoms with Crippen LogP contribution in [0.4, 0.5) is 5.69 Å². The molecule has 0 aromatic heterocycles. The molecule has 0 saturated heterocycles. The normalized spacial score (nSPS) is 26.7. The molecule has 20 heavy (non-hydrogen) atoms. The van der Waals surface area contributed by atoms with Gasteiger partial charge >= 0.3 is 5.97 Å². The van der Waals surface area contributed by atoms with Crippen LogP contribution in [0, 0.1) is 5.92 Å². The molecule has 0 radical (unpaired) electrons. The minimum absolute atomic E-state index is 0.181. The Balaban J connectivity index is 1.93. The van der Waals surface area contributed by atoms with Crippen LogP contribution in [-0.2, 0) is 11.2 Å². The molecular formula is C17H23NO2. The number of rotatable bonds is 2. The predicted molar refractivity (Wildman–Crippen MR) is 80.1 cm³/mol. The lowest BCUT2D eigenvalue weighted by Crippen LogP contribution is -2.46. The fraction of sp³-hybridized carbons (Fsp3) is 0.588. The summed E-state index contributed by atoms with van der Waals surface area (Å²) in [6.07, 6.45) is 7.56. The second-order valence-corrected chi connectivity index (χ2v) is 6.08. The lowest BCUT2D eigenvalue weighted by molar-refractivity contribution is -0.143. The van der Waals surface area contributed by atoms with Crippen molar-refractivity contribution in [3.8, 4) is 0 Å². The molecule has 3 nitrogen and oxygen atoms in total. The van der Waals surface area contributed by atoms with Gasteiger partial charge in [0.2, 0.25) is 0 Å². The molecule has 108 valence electrons. The van der Waals surface area contributed by atoms with E-state index in [1.165, 1.54) is 17.7 Å². The Kier molecular flexibility index (Phi) is 3.95. The van der Waals surface area contributed by atoms with Gasteiger partial charge in [-0.3, -0.25) is 4.79 Å². The van der Waals surface area contributed by atoms with Crippen LogP contribution in [0.2, 0.25) is 0 Å². The van der Waals surface area contributed by atoms with Crippen molar-refractivity contribution in [1.29, 1.82) is 0 Å². The van der Waals surface area contributed by atoms with Gasteiger partial charge in [0, 0.05) is 18.3 Å². The Hall–Kier alpha value is -1.51. The number of aryl methyl sites for hydroxylation is 1. The summed E-state index contributed by atoms with van der Waals surface area (Å²) >= 11 is 0. The smallest absolute Gasteiger partial charge is 0.308 e. The third-order valence-electron chi connectivity index (χ3n) is 4.84. The number of hydrogen-bond donors (Lipinski definition) is 1. The minimum atomic E-state index is -0.614. The van der Waals surface area contributed by atoms with Crippen molar-refractivity contribution in [3.63, 3.8) is 0 Å². The van der Waals surface area contributed by atoms with Crippen LogP contribution in [0.1, 0.15) is 44.1 Å². The summed E-state index contributed by atoms with van der Waals surface area (Å²) in [5.74, 6) is -0.814. The van der Waals surface area contributed by atoms with Gasteiger partial charge in [0.25, 0.3) is 0 Å². The van der Waals surface area contributed by atoms with Crippen LogP contribution in [0.5, 0.6) is 0 Å². The molecule has 1 aliphatic heterocycles. The molecular weight excluding hydrogens is 250 g/mol. The highest BCUT2D eigenvalue weighted by Gasteiger charge is 2.35. The highest BCUT2D eigenvalue weighted by Crippen LogP contribution is 2.35. The predicted octanol–water partition coefficient (Wildman–Crippen LogP) is 3.47. The Morgan fingerprint density at radius 3 is 2.75 bits per heavy atom. The van der Waals surface area contributed by atoms with Gasteiger partial charge in [-0.05, 0) is 43.7 Å². The van der Waals surface area contributed by atoms with Crippen LogP contribution in [0.25, 0.3) is 0 Å². The molecule has 1 N–H and O–H groups in total. The van der Waals surface area contributed by atoms with Gasteiger partial charge in [-0.1, -0.05) is 31.0 Å². The largest absolute Gasteiger partial charge is 0.481 e. The van der Waals surface area contributed by atoms with Crippen molar-refractivity contribution in [2.75, 3.05) is 11.4 Å². The van der Waals surface area contributed by atoms with E-state index < -0.39 is 5.97 Å². The van der Waals surface area contributed by atoms with E-state index in [1.807, 2.05) is 0 Å². The first kappa shape index (κ1) is 13.5. The zero-order valence-corrected chi connectivity index (χ0v) is 11.9. The second-order valence-electron chi connectivity index (χ2n) is 6.08. The van der Waals surface area contributed by atoms with E-state index in [4.69, 9.17) is 0 Å². The third kappa shape index (κ3) is 2.54. The molecule has 0 amide bonds. The second kappa shape index (κ2) is 5.86. The van der Waals surface area contributed by atoms with Crippen molar-refractivity contribution in [3.05, 3.63) is 29.8 Å². The number of anilines is 1. The van der Waals surface area contributed by atoms with Gasteiger partial charge in [0.1, 0.15) is 0 Å². The Labute approximate surface area is 120 Å². The Bertz CT molecular complexity index is 486. The maximum atomic E-state index is 11.6. The number of para-hydroxylation sites is 1. The van der Waals surface area contributed by atoms with E-state index in [-0.39, 0.29) is 12.0 Å². The van der Waals surface area contributed by atoms with Gasteiger partial charge in [0.15, 0.2) is 0 Å². The standard InChI is InChI=1S/C17H23NO2/c19-17(20)14-9-2-4-11-16(14)18-12-6-5-8-13-7-1-3-10-15(13)18/h1,3,7,10,14,16H,2,4-6,8-9,11-12H2,(H,19,20). The number of carbonyl (C=O) groups is 1. The van der Waals surface area contributed by atoms with Crippen molar-refractivity contribution in [2.24, 2.45) is 5.92 Å². The molecule has 1 aliphatic carbocycles. The summed E-state index contributed by atoms with van der Waals surface area (Å²) < 4.78 is 0. The van der Waals surface area contributed by atoms with Gasteiger partial charge in [0.05, 0.1) is 5.92 Å². The lowest BCUT2D eigenvalue weighted by Gasteiger charge is -2.40. The van der Waals surface area contributed by atoms with Crippen molar-refractivity contribution in [2.45, 2.75) is 51.0 Å². The number of benzene rings is 1. The molecule has 2 unspecified atom stereocenters. The van der Waals surface area contributed by atoms with Crippen LogP contribution < -0.4 is 4.90 Å².